The minimum absolute atomic E-state index is 0.000908. The maximum absolute atomic E-state index is 13.3. The van der Waals surface area contributed by atoms with Gasteiger partial charge in [-0.15, -0.1) is 0 Å². The quantitative estimate of drug-likeness (QED) is 0.726. The van der Waals surface area contributed by atoms with Crippen LogP contribution in [0.15, 0.2) is 18.2 Å². The van der Waals surface area contributed by atoms with Gasteiger partial charge in [0.25, 0.3) is 0 Å². The summed E-state index contributed by atoms with van der Waals surface area (Å²) in [6, 6.07) is 6.03. The standard InChI is InChI=1S/C12H12FN3O/c1-15-2-3-16(8-12(15)17)11-5-9(7-14)4-10(13)6-11/h4-6H,2-3,8H2,1H3. The molecule has 0 spiro atoms. The molecular formula is C12H12FN3O. The Balaban J connectivity index is 2.26. The summed E-state index contributed by atoms with van der Waals surface area (Å²) in [5, 5.41) is 8.77. The fraction of sp³-hybridized carbons (Fsp3) is 0.333. The summed E-state index contributed by atoms with van der Waals surface area (Å²) in [7, 11) is 1.74. The molecular weight excluding hydrogens is 221 g/mol. The van der Waals surface area contributed by atoms with Gasteiger partial charge in [-0.3, -0.25) is 4.79 Å². The molecule has 0 aliphatic carbocycles. The first-order chi connectivity index (χ1) is 8.10. The fourth-order valence-electron chi connectivity index (χ4n) is 1.80. The number of amides is 1. The number of carbonyl (C=O) groups is 1. The zero-order valence-electron chi connectivity index (χ0n) is 9.48. The number of likely N-dealkylation sites (N-methyl/N-ethyl adjacent to an activating group) is 1. The van der Waals surface area contributed by atoms with Crippen LogP contribution in [-0.2, 0) is 4.79 Å². The van der Waals surface area contributed by atoms with Crippen LogP contribution in [0.3, 0.4) is 0 Å². The number of hydrogen-bond acceptors (Lipinski definition) is 3. The van der Waals surface area contributed by atoms with Gasteiger partial charge >= 0.3 is 0 Å². The zero-order chi connectivity index (χ0) is 12.4. The molecule has 1 aliphatic heterocycles. The molecule has 4 nitrogen and oxygen atoms in total. The molecule has 0 N–H and O–H groups in total. The normalized spacial score (nSPS) is 15.9. The molecule has 1 saturated heterocycles. The van der Waals surface area contributed by atoms with Gasteiger partial charge in [0.1, 0.15) is 5.82 Å². The van der Waals surface area contributed by atoms with Crippen LogP contribution in [0, 0.1) is 17.1 Å². The first-order valence-electron chi connectivity index (χ1n) is 5.30. The second-order valence-corrected chi connectivity index (χ2v) is 4.05. The average Bonchev–Trinajstić information content (AvgIpc) is 2.32. The first-order valence-corrected chi connectivity index (χ1v) is 5.30. The molecule has 1 aliphatic rings. The summed E-state index contributed by atoms with van der Waals surface area (Å²) in [5.41, 5.74) is 0.856. The van der Waals surface area contributed by atoms with E-state index in [0.29, 0.717) is 18.8 Å². The number of benzene rings is 1. The van der Waals surface area contributed by atoms with E-state index in [4.69, 9.17) is 5.26 Å². The van der Waals surface area contributed by atoms with Crippen molar-refractivity contribution in [1.29, 1.82) is 5.26 Å². The van der Waals surface area contributed by atoms with Gasteiger partial charge in [-0.1, -0.05) is 0 Å². The van der Waals surface area contributed by atoms with Gasteiger partial charge in [0.05, 0.1) is 18.2 Å². The van der Waals surface area contributed by atoms with Crippen molar-refractivity contribution >= 4 is 11.6 Å². The average molecular weight is 233 g/mol. The van der Waals surface area contributed by atoms with Crippen molar-refractivity contribution in [2.45, 2.75) is 0 Å². The van der Waals surface area contributed by atoms with Gasteiger partial charge in [-0.2, -0.15) is 5.26 Å². The number of hydrogen-bond donors (Lipinski definition) is 0. The Kier molecular flexibility index (Phi) is 2.96. The summed E-state index contributed by atoms with van der Waals surface area (Å²) in [6.45, 7) is 1.48. The van der Waals surface area contributed by atoms with Crippen LogP contribution in [0.25, 0.3) is 0 Å². The van der Waals surface area contributed by atoms with E-state index in [1.54, 1.807) is 22.9 Å². The van der Waals surface area contributed by atoms with Crippen LogP contribution >= 0.6 is 0 Å². The Hall–Kier alpha value is -2.09. The van der Waals surface area contributed by atoms with Crippen LogP contribution in [0.4, 0.5) is 10.1 Å². The van der Waals surface area contributed by atoms with E-state index in [1.165, 1.54) is 12.1 Å². The summed E-state index contributed by atoms with van der Waals surface area (Å²) in [4.78, 5) is 15.0. The van der Waals surface area contributed by atoms with Crippen molar-refractivity contribution in [2.75, 3.05) is 31.6 Å². The smallest absolute Gasteiger partial charge is 0.241 e. The molecule has 0 unspecified atom stereocenters. The SMILES string of the molecule is CN1CCN(c2cc(F)cc(C#N)c2)CC1=O. The van der Waals surface area contributed by atoms with Gasteiger partial charge in [-0.05, 0) is 18.2 Å². The Labute approximate surface area is 98.9 Å². The molecule has 0 radical (unpaired) electrons. The molecule has 1 amide bonds. The molecule has 17 heavy (non-hydrogen) atoms. The third kappa shape index (κ3) is 2.36. The number of halogens is 1. The highest BCUT2D eigenvalue weighted by Crippen LogP contribution is 2.19. The number of nitrogens with zero attached hydrogens (tertiary/aromatic N) is 3. The van der Waals surface area contributed by atoms with Gasteiger partial charge < -0.3 is 9.80 Å². The number of nitriles is 1. The lowest BCUT2D eigenvalue weighted by Crippen LogP contribution is -2.48. The third-order valence-electron chi connectivity index (χ3n) is 2.83. The van der Waals surface area contributed by atoms with Gasteiger partial charge in [0.15, 0.2) is 0 Å². The monoisotopic (exact) mass is 233 g/mol. The minimum atomic E-state index is -0.453. The van der Waals surface area contributed by atoms with Gasteiger partial charge in [0, 0.05) is 25.8 Å². The first kappa shape index (κ1) is 11.4. The molecule has 5 heteroatoms. The van der Waals surface area contributed by atoms with E-state index in [-0.39, 0.29) is 18.0 Å². The van der Waals surface area contributed by atoms with E-state index in [1.807, 2.05) is 6.07 Å². The molecule has 0 bridgehead atoms. The maximum Gasteiger partial charge on any atom is 0.241 e. The summed E-state index contributed by atoms with van der Waals surface area (Å²) in [6.07, 6.45) is 0. The van der Waals surface area contributed by atoms with Crippen molar-refractivity contribution in [3.63, 3.8) is 0 Å². The predicted molar refractivity (Wildman–Crippen MR) is 61.0 cm³/mol. The van der Waals surface area contributed by atoms with Crippen LogP contribution in [0.1, 0.15) is 5.56 Å². The Bertz CT molecular complexity index is 495. The zero-order valence-corrected chi connectivity index (χ0v) is 9.48. The molecule has 2 rings (SSSR count). The van der Waals surface area contributed by atoms with E-state index in [2.05, 4.69) is 0 Å². The van der Waals surface area contributed by atoms with E-state index in [0.717, 1.165) is 0 Å². The molecule has 1 heterocycles. The van der Waals surface area contributed by atoms with Crippen molar-refractivity contribution in [1.82, 2.24) is 4.90 Å². The third-order valence-corrected chi connectivity index (χ3v) is 2.83. The summed E-state index contributed by atoms with van der Waals surface area (Å²) in [5.74, 6) is -0.454. The maximum atomic E-state index is 13.3. The van der Waals surface area contributed by atoms with Crippen LogP contribution in [0.5, 0.6) is 0 Å². The number of rotatable bonds is 1. The number of anilines is 1. The second kappa shape index (κ2) is 4.42. The molecule has 88 valence electrons. The Morgan fingerprint density at radius 1 is 1.35 bits per heavy atom. The molecule has 1 fully saturated rings. The summed E-state index contributed by atoms with van der Waals surface area (Å²) >= 11 is 0. The largest absolute Gasteiger partial charge is 0.360 e. The number of carbonyl (C=O) groups excluding carboxylic acids is 1. The highest BCUT2D eigenvalue weighted by Gasteiger charge is 2.21. The van der Waals surface area contributed by atoms with Crippen LogP contribution in [-0.4, -0.2) is 37.5 Å². The van der Waals surface area contributed by atoms with Crippen LogP contribution < -0.4 is 4.90 Å². The minimum Gasteiger partial charge on any atom is -0.360 e. The lowest BCUT2D eigenvalue weighted by atomic mass is 10.1. The topological polar surface area (TPSA) is 47.3 Å². The molecule has 0 aromatic heterocycles. The molecule has 1 aromatic carbocycles. The molecule has 0 atom stereocenters. The van der Waals surface area contributed by atoms with Crippen LogP contribution in [0.2, 0.25) is 0 Å². The van der Waals surface area contributed by atoms with Crippen molar-refractivity contribution in [3.8, 4) is 6.07 Å². The summed E-state index contributed by atoms with van der Waals surface area (Å²) < 4.78 is 13.3. The number of piperazine rings is 1. The van der Waals surface area contributed by atoms with Crippen molar-refractivity contribution in [2.24, 2.45) is 0 Å². The highest BCUT2D eigenvalue weighted by atomic mass is 19.1. The second-order valence-electron chi connectivity index (χ2n) is 4.05. The Morgan fingerprint density at radius 2 is 2.12 bits per heavy atom. The van der Waals surface area contributed by atoms with E-state index in [9.17, 15) is 9.18 Å². The highest BCUT2D eigenvalue weighted by molar-refractivity contribution is 5.82. The van der Waals surface area contributed by atoms with E-state index >= 15 is 0 Å². The molecule has 1 aromatic rings. The molecule has 0 saturated carbocycles. The van der Waals surface area contributed by atoms with Gasteiger partial charge in [-0.25, -0.2) is 4.39 Å². The van der Waals surface area contributed by atoms with Gasteiger partial charge in [0.2, 0.25) is 5.91 Å². The lowest BCUT2D eigenvalue weighted by molar-refractivity contribution is -0.129. The lowest BCUT2D eigenvalue weighted by Gasteiger charge is -2.33. The fourth-order valence-corrected chi connectivity index (χ4v) is 1.80. The van der Waals surface area contributed by atoms with Crippen molar-refractivity contribution in [3.05, 3.63) is 29.6 Å². The van der Waals surface area contributed by atoms with Crippen molar-refractivity contribution < 1.29 is 9.18 Å². The van der Waals surface area contributed by atoms with E-state index < -0.39 is 5.82 Å². The Morgan fingerprint density at radius 3 is 2.76 bits per heavy atom. The predicted octanol–water partition coefficient (Wildman–Crippen LogP) is 0.976.